The lowest BCUT2D eigenvalue weighted by atomic mass is 9.83. The number of hydrogen-bond acceptors (Lipinski definition) is 7. The molecule has 0 saturated heterocycles. The molecule has 116 valence electrons. The summed E-state index contributed by atoms with van der Waals surface area (Å²) in [7, 11) is 0. The number of rotatable bonds is 5. The van der Waals surface area contributed by atoms with Gasteiger partial charge in [0.15, 0.2) is 0 Å². The molecule has 22 heavy (non-hydrogen) atoms. The van der Waals surface area contributed by atoms with Crippen molar-refractivity contribution in [1.82, 2.24) is 0 Å². The zero-order valence-electron chi connectivity index (χ0n) is 10.9. The average molecular weight is 312 g/mol. The summed E-state index contributed by atoms with van der Waals surface area (Å²) < 4.78 is 4.41. The summed E-state index contributed by atoms with van der Waals surface area (Å²) in [5.74, 6) is -11.2. The molecule has 1 aliphatic rings. The van der Waals surface area contributed by atoms with Gasteiger partial charge in [-0.2, -0.15) is 0 Å². The number of carboxylic acids is 3. The Hall–Kier alpha value is -3.30. The van der Waals surface area contributed by atoms with E-state index in [1.165, 1.54) is 6.92 Å². The molecule has 0 aromatic carbocycles. The minimum Gasteiger partial charge on any atom is -0.478 e. The van der Waals surface area contributed by atoms with E-state index in [1.54, 1.807) is 0 Å². The molecule has 1 rings (SSSR count). The van der Waals surface area contributed by atoms with Crippen LogP contribution in [0.3, 0.4) is 0 Å². The highest BCUT2D eigenvalue weighted by Gasteiger charge is 2.46. The van der Waals surface area contributed by atoms with E-state index in [4.69, 9.17) is 15.3 Å². The van der Waals surface area contributed by atoms with Gasteiger partial charge >= 0.3 is 23.9 Å². The van der Waals surface area contributed by atoms with Gasteiger partial charge in [-0.15, -0.1) is 0 Å². The van der Waals surface area contributed by atoms with Crippen molar-refractivity contribution in [2.45, 2.75) is 6.92 Å². The molecule has 10 heteroatoms. The van der Waals surface area contributed by atoms with Crippen molar-refractivity contribution in [3.63, 3.8) is 0 Å². The van der Waals surface area contributed by atoms with Crippen LogP contribution in [0.1, 0.15) is 6.92 Å². The van der Waals surface area contributed by atoms with E-state index in [9.17, 15) is 28.8 Å². The summed E-state index contributed by atoms with van der Waals surface area (Å²) in [6.45, 7) is 1.04. The van der Waals surface area contributed by atoms with Crippen LogP contribution in [0.2, 0.25) is 0 Å². The molecule has 1 aliphatic carbocycles. The van der Waals surface area contributed by atoms with E-state index in [1.807, 2.05) is 0 Å². The summed E-state index contributed by atoms with van der Waals surface area (Å²) in [4.78, 5) is 68.6. The molecular weight excluding hydrogens is 304 g/mol. The van der Waals surface area contributed by atoms with Crippen LogP contribution in [0.25, 0.3) is 0 Å². The van der Waals surface area contributed by atoms with Crippen molar-refractivity contribution >= 4 is 35.4 Å². The van der Waals surface area contributed by atoms with Gasteiger partial charge in [-0.1, -0.05) is 0 Å². The maximum atomic E-state index is 12.0. The van der Waals surface area contributed by atoms with Gasteiger partial charge in [0.2, 0.25) is 11.6 Å². The van der Waals surface area contributed by atoms with Crippen molar-refractivity contribution in [3.8, 4) is 0 Å². The molecule has 3 N–H and O–H groups in total. The maximum absolute atomic E-state index is 12.0. The predicted octanol–water partition coefficient (Wildman–Crippen LogP) is -1.45. The molecule has 0 unspecified atom stereocenters. The van der Waals surface area contributed by atoms with Crippen LogP contribution in [0.15, 0.2) is 22.3 Å². The molecular formula is C12H8O10. The molecule has 0 bridgehead atoms. The number of Topliss-reactive ketones (excluding diaryl/α,β-unsaturated/α-hetero) is 2. The van der Waals surface area contributed by atoms with E-state index in [2.05, 4.69) is 4.74 Å². The third-order valence-corrected chi connectivity index (χ3v) is 2.53. The van der Waals surface area contributed by atoms with Crippen LogP contribution in [-0.4, -0.2) is 57.4 Å². The Labute approximate surface area is 121 Å². The van der Waals surface area contributed by atoms with Crippen molar-refractivity contribution in [3.05, 3.63) is 22.3 Å². The van der Waals surface area contributed by atoms with Gasteiger partial charge in [-0.3, -0.25) is 9.59 Å². The van der Waals surface area contributed by atoms with Crippen LogP contribution in [0.5, 0.6) is 0 Å². The van der Waals surface area contributed by atoms with E-state index in [0.29, 0.717) is 0 Å². The van der Waals surface area contributed by atoms with Crippen molar-refractivity contribution in [2.75, 3.05) is 6.61 Å². The zero-order valence-corrected chi connectivity index (χ0v) is 10.9. The number of ether oxygens (including phenoxy) is 1. The highest BCUT2D eigenvalue weighted by Crippen LogP contribution is 2.26. The summed E-state index contributed by atoms with van der Waals surface area (Å²) in [6, 6.07) is 0. The topological polar surface area (TPSA) is 172 Å². The third-order valence-electron chi connectivity index (χ3n) is 2.53. The lowest BCUT2D eigenvalue weighted by molar-refractivity contribution is -0.144. The van der Waals surface area contributed by atoms with Crippen molar-refractivity contribution in [1.29, 1.82) is 0 Å². The number of carbonyl (C=O) groups is 6. The molecule has 0 saturated carbocycles. The van der Waals surface area contributed by atoms with E-state index < -0.39 is 57.7 Å². The Kier molecular flexibility index (Phi) is 4.56. The van der Waals surface area contributed by atoms with E-state index in [-0.39, 0.29) is 6.61 Å². The second-order valence-electron chi connectivity index (χ2n) is 3.79. The molecule has 0 atom stereocenters. The fourth-order valence-corrected chi connectivity index (χ4v) is 1.71. The van der Waals surface area contributed by atoms with E-state index in [0.717, 1.165) is 0 Å². The van der Waals surface area contributed by atoms with Gasteiger partial charge in [0.25, 0.3) is 0 Å². The first kappa shape index (κ1) is 16.8. The van der Waals surface area contributed by atoms with Crippen molar-refractivity contribution < 1.29 is 48.8 Å². The number of esters is 1. The highest BCUT2D eigenvalue weighted by molar-refractivity contribution is 6.49. The number of hydrogen-bond donors (Lipinski definition) is 3. The fourth-order valence-electron chi connectivity index (χ4n) is 1.71. The second kappa shape index (κ2) is 5.99. The fraction of sp³-hybridized carbons (Fsp3) is 0.167. The Morgan fingerprint density at radius 1 is 0.773 bits per heavy atom. The Morgan fingerprint density at radius 2 is 1.09 bits per heavy atom. The van der Waals surface area contributed by atoms with Gasteiger partial charge in [-0.25, -0.2) is 19.2 Å². The minimum absolute atomic E-state index is 0.283. The number of carbonyl (C=O) groups excluding carboxylic acids is 3. The smallest absolute Gasteiger partial charge is 0.343 e. The summed E-state index contributed by atoms with van der Waals surface area (Å²) in [5.41, 5.74) is -5.78. The van der Waals surface area contributed by atoms with Gasteiger partial charge < -0.3 is 20.1 Å². The van der Waals surface area contributed by atoms with Crippen LogP contribution in [0.4, 0.5) is 0 Å². The Bertz CT molecular complexity index is 691. The zero-order chi connectivity index (χ0) is 17.2. The lowest BCUT2D eigenvalue weighted by Gasteiger charge is -2.16. The summed E-state index contributed by atoms with van der Waals surface area (Å²) >= 11 is 0. The molecule has 0 fully saturated rings. The van der Waals surface area contributed by atoms with Crippen LogP contribution in [-0.2, 0) is 33.5 Å². The lowest BCUT2D eigenvalue weighted by Crippen LogP contribution is -2.36. The molecule has 10 nitrogen and oxygen atoms in total. The standard InChI is InChI=1S/C12H8O10/c1-2-22-12(21)6-5(11(19)20)7(13)3(9(15)16)4(8(6)14)10(17)18/h2H2,1H3,(H,15,16)(H,17,18)(H,19,20). The van der Waals surface area contributed by atoms with Gasteiger partial charge in [-0.05, 0) is 6.92 Å². The average Bonchev–Trinajstić information content (AvgIpc) is 2.38. The molecule has 0 radical (unpaired) electrons. The quantitative estimate of drug-likeness (QED) is 0.309. The second-order valence-corrected chi connectivity index (χ2v) is 3.79. The van der Waals surface area contributed by atoms with Crippen LogP contribution < -0.4 is 0 Å². The third kappa shape index (κ3) is 2.61. The molecule has 0 aromatic rings. The number of carboxylic acid groups (broad SMARTS) is 3. The van der Waals surface area contributed by atoms with Crippen molar-refractivity contribution in [2.24, 2.45) is 0 Å². The first-order valence-electron chi connectivity index (χ1n) is 5.60. The molecule has 0 spiro atoms. The highest BCUT2D eigenvalue weighted by atomic mass is 16.5. The Morgan fingerprint density at radius 3 is 1.41 bits per heavy atom. The molecule has 0 aromatic heterocycles. The Balaban J connectivity index is 3.74. The van der Waals surface area contributed by atoms with E-state index >= 15 is 0 Å². The normalized spacial score (nSPS) is 15.0. The first-order chi connectivity index (χ1) is 10.1. The summed E-state index contributed by atoms with van der Waals surface area (Å²) in [6.07, 6.45) is 0. The van der Waals surface area contributed by atoms with Crippen LogP contribution in [0, 0.1) is 0 Å². The molecule has 0 heterocycles. The SMILES string of the molecule is CCOC(=O)C1=C(C(=O)O)C(=O)C(C(=O)O)=C(C(=O)O)C1=O. The van der Waals surface area contributed by atoms with Gasteiger partial charge in [0, 0.05) is 0 Å². The minimum atomic E-state index is -2.10. The number of aliphatic carboxylic acids is 3. The van der Waals surface area contributed by atoms with Gasteiger partial charge in [0.05, 0.1) is 6.61 Å². The first-order valence-corrected chi connectivity index (χ1v) is 5.60. The van der Waals surface area contributed by atoms with Crippen LogP contribution >= 0.6 is 0 Å². The number of ketones is 2. The summed E-state index contributed by atoms with van der Waals surface area (Å²) in [5, 5.41) is 26.7. The molecule has 0 amide bonds. The van der Waals surface area contributed by atoms with Gasteiger partial charge in [0.1, 0.15) is 22.3 Å². The predicted molar refractivity (Wildman–Crippen MR) is 63.6 cm³/mol. The maximum Gasteiger partial charge on any atom is 0.343 e. The largest absolute Gasteiger partial charge is 0.478 e. The molecule has 0 aliphatic heterocycles. The monoisotopic (exact) mass is 312 g/mol.